The summed E-state index contributed by atoms with van der Waals surface area (Å²) in [5.74, 6) is 6.94. The van der Waals surface area contributed by atoms with Crippen molar-refractivity contribution in [3.8, 4) is 17.6 Å². The zero-order valence-electron chi connectivity index (χ0n) is 15.3. The van der Waals surface area contributed by atoms with E-state index >= 15 is 0 Å². The molecule has 134 valence electrons. The lowest BCUT2D eigenvalue weighted by Gasteiger charge is -2.52. The first-order valence-corrected chi connectivity index (χ1v) is 9.68. The monoisotopic (exact) mass is 346 g/mol. The number of fused-ring (bicyclic) bond motifs is 3. The first-order valence-electron chi connectivity index (χ1n) is 9.68. The summed E-state index contributed by atoms with van der Waals surface area (Å²) in [6.07, 6.45) is 5.02. The zero-order chi connectivity index (χ0) is 18.2. The Hall–Kier alpha value is -2.24. The highest BCUT2D eigenvalue weighted by Crippen LogP contribution is 2.56. The summed E-state index contributed by atoms with van der Waals surface area (Å²) < 4.78 is 0. The van der Waals surface area contributed by atoms with Crippen molar-refractivity contribution in [2.45, 2.75) is 56.5 Å². The third-order valence-corrected chi connectivity index (χ3v) is 6.33. The van der Waals surface area contributed by atoms with Crippen LogP contribution in [0.15, 0.2) is 48.5 Å². The van der Waals surface area contributed by atoms with Crippen LogP contribution in [0, 0.1) is 17.8 Å². The Bertz CT molecular complexity index is 861. The molecule has 3 atom stereocenters. The van der Waals surface area contributed by atoms with E-state index in [1.807, 2.05) is 19.1 Å². The first-order chi connectivity index (χ1) is 12.6. The molecule has 2 aromatic rings. The Morgan fingerprint density at radius 1 is 1.12 bits per heavy atom. The highest BCUT2D eigenvalue weighted by molar-refractivity contribution is 5.50. The van der Waals surface area contributed by atoms with Crippen LogP contribution in [0.3, 0.4) is 0 Å². The van der Waals surface area contributed by atoms with E-state index in [4.69, 9.17) is 0 Å². The summed E-state index contributed by atoms with van der Waals surface area (Å²) in [5, 5.41) is 21.0. The van der Waals surface area contributed by atoms with Crippen molar-refractivity contribution in [3.05, 3.63) is 65.2 Å². The fourth-order valence-corrected chi connectivity index (χ4v) is 5.18. The van der Waals surface area contributed by atoms with E-state index in [0.29, 0.717) is 18.1 Å². The normalized spacial score (nSPS) is 29.8. The quantitative estimate of drug-likeness (QED) is 0.743. The summed E-state index contributed by atoms with van der Waals surface area (Å²) in [4.78, 5) is 0. The molecule has 2 heteroatoms. The van der Waals surface area contributed by atoms with E-state index < -0.39 is 5.60 Å². The minimum absolute atomic E-state index is 0.0946. The van der Waals surface area contributed by atoms with Gasteiger partial charge in [-0.25, -0.2) is 0 Å². The van der Waals surface area contributed by atoms with E-state index in [1.54, 1.807) is 0 Å². The second-order valence-corrected chi connectivity index (χ2v) is 7.81. The van der Waals surface area contributed by atoms with Gasteiger partial charge in [-0.3, -0.25) is 0 Å². The third kappa shape index (κ3) is 2.72. The van der Waals surface area contributed by atoms with Gasteiger partial charge in [0.1, 0.15) is 11.4 Å². The fraction of sp³-hybridized carbons (Fsp3) is 0.417. The second kappa shape index (κ2) is 6.49. The number of hydrogen-bond donors (Lipinski definition) is 2. The molecule has 26 heavy (non-hydrogen) atoms. The number of phenolic OH excluding ortho intramolecular Hbond substituents is 1. The van der Waals surface area contributed by atoms with Crippen molar-refractivity contribution in [1.82, 2.24) is 0 Å². The van der Waals surface area contributed by atoms with Gasteiger partial charge in [-0.1, -0.05) is 49.2 Å². The highest BCUT2D eigenvalue weighted by atomic mass is 16.3. The summed E-state index contributed by atoms with van der Waals surface area (Å²) in [7, 11) is 0. The number of hydrogen-bond acceptors (Lipinski definition) is 2. The molecule has 0 radical (unpaired) electrons. The molecule has 0 aliphatic heterocycles. The summed E-state index contributed by atoms with van der Waals surface area (Å²) in [6.45, 7) is 2.02. The van der Waals surface area contributed by atoms with Gasteiger partial charge in [-0.15, -0.1) is 5.92 Å². The molecule has 1 fully saturated rings. The van der Waals surface area contributed by atoms with Crippen LogP contribution in [0.1, 0.15) is 55.7 Å². The van der Waals surface area contributed by atoms with Crippen molar-refractivity contribution in [1.29, 1.82) is 0 Å². The predicted molar refractivity (Wildman–Crippen MR) is 104 cm³/mol. The third-order valence-electron chi connectivity index (χ3n) is 6.33. The molecule has 0 heterocycles. The van der Waals surface area contributed by atoms with Gasteiger partial charge in [0.2, 0.25) is 0 Å². The average molecular weight is 346 g/mol. The molecule has 0 amide bonds. The van der Waals surface area contributed by atoms with Gasteiger partial charge in [-0.2, -0.15) is 0 Å². The van der Waals surface area contributed by atoms with Crippen molar-refractivity contribution in [3.63, 3.8) is 0 Å². The lowest BCUT2D eigenvalue weighted by Crippen LogP contribution is -2.50. The van der Waals surface area contributed by atoms with Crippen LogP contribution in [-0.2, 0) is 11.8 Å². The smallest absolute Gasteiger partial charge is 0.125 e. The van der Waals surface area contributed by atoms with Gasteiger partial charge in [0.15, 0.2) is 0 Å². The van der Waals surface area contributed by atoms with E-state index in [-0.39, 0.29) is 5.41 Å². The SMILES string of the molecule is CCC#C[C@@]1(O)CCC2(c3ccccc3)c3ccc(O)cc3CCC2C1. The molecule has 2 aromatic carbocycles. The van der Waals surface area contributed by atoms with E-state index in [9.17, 15) is 10.2 Å². The molecule has 0 bridgehead atoms. The molecule has 2 unspecified atom stereocenters. The van der Waals surface area contributed by atoms with Crippen molar-refractivity contribution in [2.75, 3.05) is 0 Å². The van der Waals surface area contributed by atoms with Crippen molar-refractivity contribution in [2.24, 2.45) is 5.92 Å². The molecule has 1 saturated carbocycles. The average Bonchev–Trinajstić information content (AvgIpc) is 2.66. The Balaban J connectivity index is 1.85. The number of aromatic hydroxyl groups is 1. The molecule has 0 spiro atoms. The molecule has 2 aliphatic carbocycles. The molecule has 2 N–H and O–H groups in total. The minimum atomic E-state index is -0.868. The summed E-state index contributed by atoms with van der Waals surface area (Å²) >= 11 is 0. The standard InChI is InChI=1S/C24H26O2/c1-2-3-13-23(26)14-15-24(19-7-5-4-6-8-19)20(17-23)10-9-18-16-21(25)11-12-22(18)24/h4-8,11-12,16,20,25-26H,2,9-10,14-15,17H2,1H3/t20?,23-,24?/m1/s1. The van der Waals surface area contributed by atoms with Gasteiger partial charge < -0.3 is 10.2 Å². The Kier molecular flexibility index (Phi) is 4.29. The molecule has 0 saturated heterocycles. The number of aryl methyl sites for hydroxylation is 1. The number of benzene rings is 2. The van der Waals surface area contributed by atoms with E-state index in [2.05, 4.69) is 48.2 Å². The molecule has 2 aliphatic rings. The van der Waals surface area contributed by atoms with Crippen molar-refractivity contribution >= 4 is 0 Å². The van der Waals surface area contributed by atoms with Crippen LogP contribution in [-0.4, -0.2) is 15.8 Å². The highest BCUT2D eigenvalue weighted by Gasteiger charge is 2.52. The van der Waals surface area contributed by atoms with Gasteiger partial charge in [0.05, 0.1) is 0 Å². The van der Waals surface area contributed by atoms with E-state index in [1.165, 1.54) is 16.7 Å². The van der Waals surface area contributed by atoms with Crippen molar-refractivity contribution < 1.29 is 10.2 Å². The van der Waals surface area contributed by atoms with Gasteiger partial charge >= 0.3 is 0 Å². The van der Waals surface area contributed by atoms with Crippen LogP contribution in [0.5, 0.6) is 5.75 Å². The minimum Gasteiger partial charge on any atom is -0.508 e. The molecule has 0 aromatic heterocycles. The maximum absolute atomic E-state index is 11.1. The molecular formula is C24H26O2. The maximum atomic E-state index is 11.1. The number of rotatable bonds is 1. The lowest BCUT2D eigenvalue weighted by atomic mass is 9.52. The Morgan fingerprint density at radius 2 is 1.92 bits per heavy atom. The van der Waals surface area contributed by atoms with Crippen LogP contribution in [0.2, 0.25) is 0 Å². The lowest BCUT2D eigenvalue weighted by molar-refractivity contribution is 0.00360. The van der Waals surface area contributed by atoms with Gasteiger partial charge in [-0.05, 0) is 66.8 Å². The van der Waals surface area contributed by atoms with Crippen LogP contribution >= 0.6 is 0 Å². The second-order valence-electron chi connectivity index (χ2n) is 7.81. The molecule has 2 nitrogen and oxygen atoms in total. The Morgan fingerprint density at radius 3 is 2.69 bits per heavy atom. The predicted octanol–water partition coefficient (Wildman–Crippen LogP) is 4.57. The van der Waals surface area contributed by atoms with Crippen LogP contribution in [0.25, 0.3) is 0 Å². The molecular weight excluding hydrogens is 320 g/mol. The van der Waals surface area contributed by atoms with Crippen LogP contribution in [0.4, 0.5) is 0 Å². The largest absolute Gasteiger partial charge is 0.508 e. The zero-order valence-corrected chi connectivity index (χ0v) is 15.3. The fourth-order valence-electron chi connectivity index (χ4n) is 5.18. The first kappa shape index (κ1) is 17.2. The van der Waals surface area contributed by atoms with Gasteiger partial charge in [0.25, 0.3) is 0 Å². The summed E-state index contributed by atoms with van der Waals surface area (Å²) in [6, 6.07) is 16.5. The Labute approximate surface area is 155 Å². The van der Waals surface area contributed by atoms with Gasteiger partial charge in [0, 0.05) is 11.8 Å². The topological polar surface area (TPSA) is 40.5 Å². The molecule has 4 rings (SSSR count). The number of aliphatic hydroxyl groups is 1. The number of phenols is 1. The van der Waals surface area contributed by atoms with Crippen LogP contribution < -0.4 is 0 Å². The van der Waals surface area contributed by atoms with E-state index in [0.717, 1.165) is 32.1 Å². The maximum Gasteiger partial charge on any atom is 0.125 e. The summed E-state index contributed by atoms with van der Waals surface area (Å²) in [5.41, 5.74) is 2.93.